The van der Waals surface area contributed by atoms with Gasteiger partial charge in [0.15, 0.2) is 0 Å². The molecular weight excluding hydrogens is 334 g/mol. The van der Waals surface area contributed by atoms with Crippen LogP contribution in [0.3, 0.4) is 0 Å². The van der Waals surface area contributed by atoms with Gasteiger partial charge in [-0.1, -0.05) is 12.1 Å². The molecule has 0 atom stereocenters. The number of aryl methyl sites for hydroxylation is 2. The lowest BCUT2D eigenvalue weighted by molar-refractivity contribution is 0.0696. The first kappa shape index (κ1) is 15.3. The molecular formula is C16H14BrNO3. The van der Waals surface area contributed by atoms with Gasteiger partial charge in [-0.25, -0.2) is 4.79 Å². The molecule has 108 valence electrons. The van der Waals surface area contributed by atoms with Gasteiger partial charge in [0.1, 0.15) is 0 Å². The minimum absolute atomic E-state index is 0.227. The number of anilines is 1. The number of hydrogen-bond donors (Lipinski definition) is 2. The molecule has 2 aromatic rings. The van der Waals surface area contributed by atoms with Crippen LogP contribution >= 0.6 is 15.9 Å². The predicted molar refractivity (Wildman–Crippen MR) is 85.0 cm³/mol. The van der Waals surface area contributed by atoms with Crippen molar-refractivity contribution < 1.29 is 14.7 Å². The quantitative estimate of drug-likeness (QED) is 0.881. The highest BCUT2D eigenvalue weighted by Gasteiger charge is 2.13. The van der Waals surface area contributed by atoms with Gasteiger partial charge >= 0.3 is 5.97 Å². The fourth-order valence-corrected chi connectivity index (χ4v) is 2.45. The van der Waals surface area contributed by atoms with E-state index in [1.165, 1.54) is 6.07 Å². The van der Waals surface area contributed by atoms with E-state index in [0.29, 0.717) is 16.8 Å². The molecule has 0 unspecified atom stereocenters. The molecule has 0 aliphatic carbocycles. The van der Waals surface area contributed by atoms with E-state index in [-0.39, 0.29) is 11.5 Å². The molecule has 0 spiro atoms. The van der Waals surface area contributed by atoms with Gasteiger partial charge < -0.3 is 10.4 Å². The van der Waals surface area contributed by atoms with Crippen LogP contribution < -0.4 is 5.32 Å². The molecule has 0 aliphatic rings. The Morgan fingerprint density at radius 1 is 1.05 bits per heavy atom. The Hall–Kier alpha value is -2.14. The minimum Gasteiger partial charge on any atom is -0.478 e. The highest BCUT2D eigenvalue weighted by atomic mass is 79.9. The zero-order chi connectivity index (χ0) is 15.6. The molecule has 1 amide bonds. The molecule has 0 aromatic heterocycles. The Bertz CT molecular complexity index is 725. The summed E-state index contributed by atoms with van der Waals surface area (Å²) in [6.07, 6.45) is 0. The number of aromatic carboxylic acids is 1. The highest BCUT2D eigenvalue weighted by Crippen LogP contribution is 2.23. The number of carbonyl (C=O) groups excluding carboxylic acids is 1. The number of carboxylic acid groups (broad SMARTS) is 1. The van der Waals surface area contributed by atoms with E-state index in [0.717, 1.165) is 10.0 Å². The number of rotatable bonds is 3. The fourth-order valence-electron chi connectivity index (χ4n) is 2.00. The number of nitrogens with one attached hydrogen (secondary N) is 1. The van der Waals surface area contributed by atoms with Crippen LogP contribution in [0.2, 0.25) is 0 Å². The number of carbonyl (C=O) groups is 2. The number of carboxylic acids is 1. The summed E-state index contributed by atoms with van der Waals surface area (Å²) in [6.45, 7) is 3.61. The third kappa shape index (κ3) is 3.31. The van der Waals surface area contributed by atoms with Crippen LogP contribution in [0.15, 0.2) is 40.9 Å². The van der Waals surface area contributed by atoms with Crippen molar-refractivity contribution in [2.75, 3.05) is 5.32 Å². The Morgan fingerprint density at radius 2 is 1.76 bits per heavy atom. The minimum atomic E-state index is -0.980. The Balaban J connectivity index is 2.26. The van der Waals surface area contributed by atoms with E-state index in [4.69, 9.17) is 5.11 Å². The molecule has 21 heavy (non-hydrogen) atoms. The van der Waals surface area contributed by atoms with Crippen LogP contribution in [0.1, 0.15) is 31.8 Å². The topological polar surface area (TPSA) is 66.4 Å². The summed E-state index contributed by atoms with van der Waals surface area (Å²) < 4.78 is 0.751. The smallest absolute Gasteiger partial charge is 0.335 e. The zero-order valence-corrected chi connectivity index (χ0v) is 13.2. The second-order valence-electron chi connectivity index (χ2n) is 4.73. The monoisotopic (exact) mass is 347 g/mol. The van der Waals surface area contributed by atoms with Crippen molar-refractivity contribution >= 4 is 33.5 Å². The summed E-state index contributed by atoms with van der Waals surface area (Å²) in [4.78, 5) is 23.2. The van der Waals surface area contributed by atoms with Crippen molar-refractivity contribution in [2.24, 2.45) is 0 Å². The molecule has 5 heteroatoms. The van der Waals surface area contributed by atoms with Gasteiger partial charge in [0.05, 0.1) is 11.1 Å². The van der Waals surface area contributed by atoms with Gasteiger partial charge in [0.2, 0.25) is 0 Å². The zero-order valence-electron chi connectivity index (χ0n) is 11.6. The van der Waals surface area contributed by atoms with Crippen molar-refractivity contribution in [3.05, 3.63) is 63.1 Å². The lowest BCUT2D eigenvalue weighted by atomic mass is 10.1. The number of benzene rings is 2. The van der Waals surface area contributed by atoms with Crippen LogP contribution in [-0.2, 0) is 0 Å². The lowest BCUT2D eigenvalue weighted by Gasteiger charge is -2.10. The maximum Gasteiger partial charge on any atom is 0.335 e. The summed E-state index contributed by atoms with van der Waals surface area (Å²) in [7, 11) is 0. The predicted octanol–water partition coefficient (Wildman–Crippen LogP) is 4.02. The summed E-state index contributed by atoms with van der Waals surface area (Å²) in [5, 5.41) is 11.8. The first-order valence-corrected chi connectivity index (χ1v) is 7.10. The molecule has 2 rings (SSSR count). The Kier molecular flexibility index (Phi) is 4.43. The molecule has 0 saturated carbocycles. The third-order valence-corrected chi connectivity index (χ3v) is 4.20. The second-order valence-corrected chi connectivity index (χ2v) is 5.52. The number of amides is 1. The average Bonchev–Trinajstić information content (AvgIpc) is 2.41. The molecule has 0 radical (unpaired) electrons. The van der Waals surface area contributed by atoms with Gasteiger partial charge in [-0.05, 0) is 65.2 Å². The van der Waals surface area contributed by atoms with E-state index in [1.807, 2.05) is 19.1 Å². The van der Waals surface area contributed by atoms with E-state index >= 15 is 0 Å². The molecule has 0 saturated heterocycles. The molecule has 2 aromatic carbocycles. The van der Waals surface area contributed by atoms with Crippen LogP contribution in [0.5, 0.6) is 0 Å². The van der Waals surface area contributed by atoms with E-state index in [2.05, 4.69) is 21.2 Å². The third-order valence-electron chi connectivity index (χ3n) is 3.15. The first-order chi connectivity index (χ1) is 9.90. The van der Waals surface area contributed by atoms with Gasteiger partial charge in [-0.2, -0.15) is 0 Å². The molecule has 0 bridgehead atoms. The van der Waals surface area contributed by atoms with E-state index in [1.54, 1.807) is 25.1 Å². The Labute approximate surface area is 130 Å². The highest BCUT2D eigenvalue weighted by molar-refractivity contribution is 9.10. The molecule has 4 nitrogen and oxygen atoms in total. The summed E-state index contributed by atoms with van der Waals surface area (Å²) in [5.41, 5.74) is 2.90. The van der Waals surface area contributed by atoms with Gasteiger partial charge in [-0.15, -0.1) is 0 Å². The second kappa shape index (κ2) is 6.10. The molecule has 0 fully saturated rings. The van der Waals surface area contributed by atoms with Crippen molar-refractivity contribution in [2.45, 2.75) is 13.8 Å². The molecule has 0 heterocycles. The van der Waals surface area contributed by atoms with Gasteiger partial charge in [-0.3, -0.25) is 4.79 Å². The maximum atomic E-state index is 12.3. The molecule has 0 aliphatic heterocycles. The SMILES string of the molecule is Cc1cc(NC(=O)c2cccc(C)c2Br)ccc1C(=O)O. The lowest BCUT2D eigenvalue weighted by Crippen LogP contribution is -2.13. The van der Waals surface area contributed by atoms with Crippen molar-refractivity contribution in [1.29, 1.82) is 0 Å². The van der Waals surface area contributed by atoms with Crippen LogP contribution in [-0.4, -0.2) is 17.0 Å². The van der Waals surface area contributed by atoms with Gasteiger partial charge in [0.25, 0.3) is 5.91 Å². The normalized spacial score (nSPS) is 10.2. The van der Waals surface area contributed by atoms with Crippen LogP contribution in [0, 0.1) is 13.8 Å². The van der Waals surface area contributed by atoms with E-state index < -0.39 is 5.97 Å². The summed E-state index contributed by atoms with van der Waals surface area (Å²) >= 11 is 3.40. The first-order valence-electron chi connectivity index (χ1n) is 6.30. The van der Waals surface area contributed by atoms with E-state index in [9.17, 15) is 9.59 Å². The maximum absolute atomic E-state index is 12.3. The van der Waals surface area contributed by atoms with Crippen molar-refractivity contribution in [3.63, 3.8) is 0 Å². The standard InChI is InChI=1S/C16H14BrNO3/c1-9-4-3-5-13(14(9)17)15(19)18-11-6-7-12(16(20)21)10(2)8-11/h3-8H,1-2H3,(H,18,19)(H,20,21). The number of hydrogen-bond acceptors (Lipinski definition) is 2. The number of halogens is 1. The Morgan fingerprint density at radius 3 is 2.38 bits per heavy atom. The van der Waals surface area contributed by atoms with Crippen molar-refractivity contribution in [1.82, 2.24) is 0 Å². The van der Waals surface area contributed by atoms with Crippen LogP contribution in [0.4, 0.5) is 5.69 Å². The molecule has 2 N–H and O–H groups in total. The fraction of sp³-hybridized carbons (Fsp3) is 0.125. The largest absolute Gasteiger partial charge is 0.478 e. The van der Waals surface area contributed by atoms with Gasteiger partial charge in [0, 0.05) is 10.2 Å². The summed E-state index contributed by atoms with van der Waals surface area (Å²) in [5.74, 6) is -1.22. The summed E-state index contributed by atoms with van der Waals surface area (Å²) in [6, 6.07) is 10.2. The van der Waals surface area contributed by atoms with Crippen molar-refractivity contribution in [3.8, 4) is 0 Å². The van der Waals surface area contributed by atoms with Crippen LogP contribution in [0.25, 0.3) is 0 Å². The average molecular weight is 348 g/mol.